The first kappa shape index (κ1) is 21.7. The van der Waals surface area contributed by atoms with Crippen molar-refractivity contribution in [2.75, 3.05) is 27.4 Å². The minimum absolute atomic E-state index is 0.454. The van der Waals surface area contributed by atoms with Crippen LogP contribution in [0.1, 0.15) is 25.0 Å². The summed E-state index contributed by atoms with van der Waals surface area (Å²) in [5.74, 6) is 2.71. The van der Waals surface area contributed by atoms with Gasteiger partial charge in [0.15, 0.2) is 17.5 Å². The molecule has 0 heterocycles. The lowest BCUT2D eigenvalue weighted by atomic mass is 10.2. The van der Waals surface area contributed by atoms with Crippen molar-refractivity contribution in [1.82, 2.24) is 10.6 Å². The van der Waals surface area contributed by atoms with Crippen LogP contribution in [0, 0.1) is 0 Å². The number of halogens is 1. The summed E-state index contributed by atoms with van der Waals surface area (Å²) in [6, 6.07) is 11.7. The topological polar surface area (TPSA) is 64.1 Å². The summed E-state index contributed by atoms with van der Waals surface area (Å²) in [6.07, 6.45) is 0. The molecule has 0 amide bonds. The van der Waals surface area contributed by atoms with Crippen LogP contribution in [0.25, 0.3) is 0 Å². The van der Waals surface area contributed by atoms with Crippen molar-refractivity contribution in [3.63, 3.8) is 0 Å². The van der Waals surface area contributed by atoms with Gasteiger partial charge in [0.25, 0.3) is 0 Å². The van der Waals surface area contributed by atoms with Crippen molar-refractivity contribution >= 4 is 17.6 Å². The van der Waals surface area contributed by atoms with Crippen molar-refractivity contribution in [3.05, 3.63) is 52.5 Å². The maximum absolute atomic E-state index is 6.34. The highest BCUT2D eigenvalue weighted by Crippen LogP contribution is 2.36. The molecule has 0 fully saturated rings. The quantitative estimate of drug-likeness (QED) is 0.487. The molecule has 0 radical (unpaired) electrons. The van der Waals surface area contributed by atoms with Crippen LogP contribution in [0.3, 0.4) is 0 Å². The number of aliphatic imine (C=N–C) groups is 1. The van der Waals surface area contributed by atoms with E-state index < -0.39 is 0 Å². The Morgan fingerprint density at radius 2 is 1.86 bits per heavy atom. The predicted octanol–water partition coefficient (Wildman–Crippen LogP) is 4.01. The molecule has 0 saturated carbocycles. The number of methoxy groups -OCH3 is 2. The number of ether oxygens (including phenoxy) is 3. The predicted molar refractivity (Wildman–Crippen MR) is 114 cm³/mol. The number of rotatable bonds is 9. The molecule has 0 aliphatic carbocycles. The molecule has 2 aromatic carbocycles. The van der Waals surface area contributed by atoms with Gasteiger partial charge in [-0.1, -0.05) is 23.7 Å². The largest absolute Gasteiger partial charge is 0.497 e. The van der Waals surface area contributed by atoms with E-state index in [1.807, 2.05) is 50.2 Å². The van der Waals surface area contributed by atoms with Gasteiger partial charge in [-0.3, -0.25) is 0 Å². The molecule has 0 unspecified atom stereocenters. The Kier molecular flexibility index (Phi) is 8.75. The minimum atomic E-state index is 0.454. The Morgan fingerprint density at radius 3 is 2.54 bits per heavy atom. The van der Waals surface area contributed by atoms with E-state index in [9.17, 15) is 0 Å². The summed E-state index contributed by atoms with van der Waals surface area (Å²) in [5.41, 5.74) is 2.04. The molecule has 0 atom stereocenters. The Labute approximate surface area is 171 Å². The number of nitrogens with zero attached hydrogens (tertiary/aromatic N) is 1. The summed E-state index contributed by atoms with van der Waals surface area (Å²) in [6.45, 7) is 6.31. The van der Waals surface area contributed by atoms with Crippen LogP contribution < -0.4 is 24.8 Å². The third-order valence-electron chi connectivity index (χ3n) is 3.94. The highest BCUT2D eigenvalue weighted by atomic mass is 35.5. The fourth-order valence-corrected chi connectivity index (χ4v) is 2.92. The van der Waals surface area contributed by atoms with E-state index in [2.05, 4.69) is 15.6 Å². The molecular weight excluding hydrogens is 378 g/mol. The second-order valence-electron chi connectivity index (χ2n) is 5.94. The zero-order valence-corrected chi connectivity index (χ0v) is 17.6. The van der Waals surface area contributed by atoms with Crippen molar-refractivity contribution in [1.29, 1.82) is 0 Å². The van der Waals surface area contributed by atoms with E-state index >= 15 is 0 Å². The van der Waals surface area contributed by atoms with Crippen LogP contribution in [0.15, 0.2) is 41.4 Å². The Hall–Kier alpha value is -2.60. The molecule has 0 aromatic heterocycles. The summed E-state index contributed by atoms with van der Waals surface area (Å²) >= 11 is 6.34. The van der Waals surface area contributed by atoms with Crippen LogP contribution in [0.5, 0.6) is 17.2 Å². The van der Waals surface area contributed by atoms with Gasteiger partial charge < -0.3 is 24.8 Å². The first-order chi connectivity index (χ1) is 13.6. The lowest BCUT2D eigenvalue weighted by molar-refractivity contribution is 0.311. The van der Waals surface area contributed by atoms with Crippen molar-refractivity contribution in [2.45, 2.75) is 26.9 Å². The monoisotopic (exact) mass is 405 g/mol. The van der Waals surface area contributed by atoms with Gasteiger partial charge in [0, 0.05) is 13.1 Å². The van der Waals surface area contributed by atoms with Gasteiger partial charge in [0.1, 0.15) is 5.75 Å². The average molecular weight is 406 g/mol. The molecule has 2 aromatic rings. The molecule has 0 spiro atoms. The first-order valence-electron chi connectivity index (χ1n) is 9.25. The van der Waals surface area contributed by atoms with E-state index in [0.29, 0.717) is 42.2 Å². The van der Waals surface area contributed by atoms with E-state index in [0.717, 1.165) is 23.4 Å². The SMILES string of the molecule is CCNC(=NCc1cc(Cl)c(OCC)c(OC)c1)NCc1cccc(OC)c1. The third kappa shape index (κ3) is 6.23. The molecule has 152 valence electrons. The van der Waals surface area contributed by atoms with E-state index in [-0.39, 0.29) is 0 Å². The Balaban J connectivity index is 2.10. The summed E-state index contributed by atoms with van der Waals surface area (Å²) in [4.78, 5) is 4.64. The summed E-state index contributed by atoms with van der Waals surface area (Å²) < 4.78 is 16.2. The van der Waals surface area contributed by atoms with Gasteiger partial charge in [-0.2, -0.15) is 0 Å². The normalized spacial score (nSPS) is 11.1. The molecule has 0 bridgehead atoms. The molecule has 2 rings (SSSR count). The van der Waals surface area contributed by atoms with Crippen molar-refractivity contribution < 1.29 is 14.2 Å². The molecule has 7 heteroatoms. The molecule has 0 aliphatic heterocycles. The molecule has 6 nitrogen and oxygen atoms in total. The average Bonchev–Trinajstić information content (AvgIpc) is 2.71. The summed E-state index contributed by atoms with van der Waals surface area (Å²) in [7, 11) is 3.26. The fourth-order valence-electron chi connectivity index (χ4n) is 2.63. The number of hydrogen-bond donors (Lipinski definition) is 2. The third-order valence-corrected chi connectivity index (χ3v) is 4.22. The number of hydrogen-bond acceptors (Lipinski definition) is 4. The zero-order valence-electron chi connectivity index (χ0n) is 16.8. The smallest absolute Gasteiger partial charge is 0.191 e. The van der Waals surface area contributed by atoms with Crippen molar-refractivity contribution in [3.8, 4) is 17.2 Å². The second-order valence-corrected chi connectivity index (χ2v) is 6.35. The van der Waals surface area contributed by atoms with Gasteiger partial charge in [0.05, 0.1) is 32.4 Å². The Morgan fingerprint density at radius 1 is 1.04 bits per heavy atom. The van der Waals surface area contributed by atoms with E-state index in [4.69, 9.17) is 25.8 Å². The van der Waals surface area contributed by atoms with Gasteiger partial charge in [-0.05, 0) is 49.2 Å². The van der Waals surface area contributed by atoms with Crippen LogP contribution in [-0.2, 0) is 13.1 Å². The van der Waals surface area contributed by atoms with Crippen LogP contribution in [-0.4, -0.2) is 33.3 Å². The maximum Gasteiger partial charge on any atom is 0.191 e. The molecule has 28 heavy (non-hydrogen) atoms. The maximum atomic E-state index is 6.34. The lowest BCUT2D eigenvalue weighted by Crippen LogP contribution is -2.36. The zero-order chi connectivity index (χ0) is 20.4. The van der Waals surface area contributed by atoms with Crippen LogP contribution >= 0.6 is 11.6 Å². The Bertz CT molecular complexity index is 796. The first-order valence-corrected chi connectivity index (χ1v) is 9.63. The number of benzene rings is 2. The highest BCUT2D eigenvalue weighted by molar-refractivity contribution is 6.32. The van der Waals surface area contributed by atoms with Crippen molar-refractivity contribution in [2.24, 2.45) is 4.99 Å². The van der Waals surface area contributed by atoms with Gasteiger partial charge in [-0.15, -0.1) is 0 Å². The minimum Gasteiger partial charge on any atom is -0.497 e. The molecule has 0 aliphatic rings. The van der Waals surface area contributed by atoms with Crippen LogP contribution in [0.2, 0.25) is 5.02 Å². The summed E-state index contributed by atoms with van der Waals surface area (Å²) in [5, 5.41) is 7.09. The van der Waals surface area contributed by atoms with E-state index in [1.165, 1.54) is 0 Å². The van der Waals surface area contributed by atoms with Gasteiger partial charge in [-0.25, -0.2) is 4.99 Å². The molecule has 2 N–H and O–H groups in total. The second kappa shape index (κ2) is 11.3. The van der Waals surface area contributed by atoms with Gasteiger partial charge >= 0.3 is 0 Å². The molecule has 0 saturated heterocycles. The molecular formula is C21H28ClN3O3. The number of nitrogens with one attached hydrogen (secondary N) is 2. The fraction of sp³-hybridized carbons (Fsp3) is 0.381. The number of guanidine groups is 1. The lowest BCUT2D eigenvalue weighted by Gasteiger charge is -2.14. The van der Waals surface area contributed by atoms with Crippen LogP contribution in [0.4, 0.5) is 0 Å². The van der Waals surface area contributed by atoms with Gasteiger partial charge in [0.2, 0.25) is 0 Å². The highest BCUT2D eigenvalue weighted by Gasteiger charge is 2.11. The van der Waals surface area contributed by atoms with E-state index in [1.54, 1.807) is 14.2 Å². The standard InChI is InChI=1S/C21H28ClN3O3/c1-5-23-21(24-13-15-8-7-9-17(10-15)26-3)25-14-16-11-18(22)20(28-6-2)19(12-16)27-4/h7-12H,5-6,13-14H2,1-4H3,(H2,23,24,25).